The minimum absolute atomic E-state index is 0.458. The van der Waals surface area contributed by atoms with E-state index < -0.39 is 12.0 Å². The molecule has 18 heavy (non-hydrogen) atoms. The van der Waals surface area contributed by atoms with Gasteiger partial charge in [0, 0.05) is 12.4 Å². The molecule has 2 N–H and O–H groups in total. The van der Waals surface area contributed by atoms with E-state index in [1.165, 1.54) is 6.42 Å². The van der Waals surface area contributed by atoms with Gasteiger partial charge in [0.2, 0.25) is 0 Å². The lowest BCUT2D eigenvalue weighted by molar-refractivity contribution is -0.139. The first-order valence-electron chi connectivity index (χ1n) is 6.44. The Morgan fingerprint density at radius 1 is 1.44 bits per heavy atom. The molecule has 0 fully saturated rings. The molecule has 1 aromatic heterocycles. The van der Waals surface area contributed by atoms with Gasteiger partial charge in [0.1, 0.15) is 6.04 Å². The molecule has 0 bridgehead atoms. The molecule has 0 aromatic carbocycles. The van der Waals surface area contributed by atoms with Crippen LogP contribution in [0.25, 0.3) is 0 Å². The van der Waals surface area contributed by atoms with Crippen molar-refractivity contribution in [2.75, 3.05) is 7.05 Å². The maximum Gasteiger partial charge on any atom is 0.321 e. The van der Waals surface area contributed by atoms with Crippen molar-refractivity contribution < 1.29 is 9.90 Å². The zero-order chi connectivity index (χ0) is 14.4. The highest BCUT2D eigenvalue weighted by molar-refractivity contribution is 5.73. The van der Waals surface area contributed by atoms with Crippen molar-refractivity contribution >= 4 is 5.97 Å². The third-order valence-electron chi connectivity index (χ3n) is 1.81. The summed E-state index contributed by atoms with van der Waals surface area (Å²) >= 11 is 0. The zero-order valence-electron chi connectivity index (χ0n) is 12.1. The Balaban J connectivity index is 0. The number of nitrogens with zero attached hydrogens (tertiary/aromatic N) is 1. The third kappa shape index (κ3) is 9.78. The molecule has 0 aliphatic rings. The van der Waals surface area contributed by atoms with Crippen LogP contribution in [-0.4, -0.2) is 29.1 Å². The van der Waals surface area contributed by atoms with Crippen LogP contribution in [0.15, 0.2) is 24.5 Å². The van der Waals surface area contributed by atoms with Crippen molar-refractivity contribution in [3.05, 3.63) is 30.1 Å². The largest absolute Gasteiger partial charge is 0.480 e. The molecule has 4 nitrogen and oxygen atoms in total. The molecule has 0 aliphatic heterocycles. The Morgan fingerprint density at radius 3 is 2.33 bits per heavy atom. The van der Waals surface area contributed by atoms with Gasteiger partial charge >= 0.3 is 5.97 Å². The normalized spacial score (nSPS) is 10.3. The Labute approximate surface area is 110 Å². The van der Waals surface area contributed by atoms with Gasteiger partial charge in [-0.3, -0.25) is 9.78 Å². The molecule has 0 radical (unpaired) electrons. The Morgan fingerprint density at radius 2 is 2.00 bits per heavy atom. The molecule has 0 saturated heterocycles. The van der Waals surface area contributed by atoms with E-state index in [1.54, 1.807) is 25.5 Å². The van der Waals surface area contributed by atoms with Crippen LogP contribution < -0.4 is 5.32 Å². The molecule has 0 aliphatic carbocycles. The molecule has 1 unspecified atom stereocenters. The van der Waals surface area contributed by atoms with E-state index in [0.29, 0.717) is 6.42 Å². The highest BCUT2D eigenvalue weighted by Crippen LogP contribution is 2.00. The molecule has 104 valence electrons. The van der Waals surface area contributed by atoms with Crippen LogP contribution in [-0.2, 0) is 11.2 Å². The van der Waals surface area contributed by atoms with Crippen LogP contribution in [0, 0.1) is 0 Å². The second-order valence-electron chi connectivity index (χ2n) is 3.45. The van der Waals surface area contributed by atoms with Crippen LogP contribution in [0.3, 0.4) is 0 Å². The second kappa shape index (κ2) is 13.6. The lowest BCUT2D eigenvalue weighted by atomic mass is 10.1. The Bertz CT molecular complexity index is 289. The number of nitrogens with one attached hydrogen (secondary N) is 1. The molecule has 1 atom stereocenters. The second-order valence-corrected chi connectivity index (χ2v) is 3.45. The maximum atomic E-state index is 10.7. The summed E-state index contributed by atoms with van der Waals surface area (Å²) in [5.41, 5.74) is 0.921. The average molecular weight is 254 g/mol. The van der Waals surface area contributed by atoms with Crippen molar-refractivity contribution in [1.29, 1.82) is 0 Å². The summed E-state index contributed by atoms with van der Waals surface area (Å²) in [6.07, 6.45) is 5.05. The zero-order valence-corrected chi connectivity index (χ0v) is 12.1. The van der Waals surface area contributed by atoms with Crippen molar-refractivity contribution in [3.63, 3.8) is 0 Å². The number of carbonyl (C=O) groups is 1. The Kier molecular flexibility index (Phi) is 14.4. The summed E-state index contributed by atoms with van der Waals surface area (Å²) in [6, 6.07) is 3.12. The van der Waals surface area contributed by atoms with Crippen LogP contribution in [0.4, 0.5) is 0 Å². The first-order valence-corrected chi connectivity index (χ1v) is 6.44. The van der Waals surface area contributed by atoms with Gasteiger partial charge in [0.25, 0.3) is 0 Å². The van der Waals surface area contributed by atoms with Crippen molar-refractivity contribution in [2.45, 2.75) is 46.6 Å². The number of carboxylic acid groups (broad SMARTS) is 1. The van der Waals surface area contributed by atoms with Gasteiger partial charge < -0.3 is 10.4 Å². The smallest absolute Gasteiger partial charge is 0.321 e. The van der Waals surface area contributed by atoms with Gasteiger partial charge in [-0.2, -0.15) is 0 Å². The van der Waals surface area contributed by atoms with Crippen LogP contribution in [0.5, 0.6) is 0 Å². The Hall–Kier alpha value is -1.42. The fraction of sp³-hybridized carbons (Fsp3) is 0.571. The number of aromatic nitrogens is 1. The van der Waals surface area contributed by atoms with Gasteiger partial charge in [-0.05, 0) is 25.1 Å². The van der Waals surface area contributed by atoms with E-state index in [2.05, 4.69) is 24.1 Å². The minimum Gasteiger partial charge on any atom is -0.480 e. The number of hydrogen-bond acceptors (Lipinski definition) is 3. The summed E-state index contributed by atoms with van der Waals surface area (Å²) in [5, 5.41) is 11.5. The summed E-state index contributed by atoms with van der Waals surface area (Å²) < 4.78 is 0. The average Bonchev–Trinajstić information content (AvgIpc) is 2.40. The van der Waals surface area contributed by atoms with E-state index in [1.807, 2.05) is 19.9 Å². The van der Waals surface area contributed by atoms with E-state index >= 15 is 0 Å². The minimum atomic E-state index is -0.841. The molecule has 0 spiro atoms. The highest BCUT2D eigenvalue weighted by atomic mass is 16.4. The number of carboxylic acids is 1. The highest BCUT2D eigenvalue weighted by Gasteiger charge is 2.14. The van der Waals surface area contributed by atoms with Crippen molar-refractivity contribution in [3.8, 4) is 0 Å². The van der Waals surface area contributed by atoms with Gasteiger partial charge in [-0.15, -0.1) is 0 Å². The summed E-state index contributed by atoms with van der Waals surface area (Å²) in [5.74, 6) is -0.841. The van der Waals surface area contributed by atoms with E-state index in [9.17, 15) is 4.79 Å². The number of aliphatic carboxylic acids is 1. The van der Waals surface area contributed by atoms with Gasteiger partial charge in [-0.1, -0.05) is 40.2 Å². The van der Waals surface area contributed by atoms with Crippen LogP contribution in [0.2, 0.25) is 0 Å². The molecule has 1 aromatic rings. The summed E-state index contributed by atoms with van der Waals surface area (Å²) in [4.78, 5) is 14.6. The molecule has 1 rings (SSSR count). The fourth-order valence-electron chi connectivity index (χ4n) is 1.07. The molecule has 1 heterocycles. The number of likely N-dealkylation sites (N-methyl/N-ethyl adjacent to an activating group) is 1. The summed E-state index contributed by atoms with van der Waals surface area (Å²) in [6.45, 7) is 8.25. The summed E-state index contributed by atoms with van der Waals surface area (Å²) in [7, 11) is 1.63. The molecule has 0 amide bonds. The van der Waals surface area contributed by atoms with Gasteiger partial charge in [-0.25, -0.2) is 0 Å². The standard InChI is InChI=1S/C9H12N2O2.C3H8.C2H6/c1-10-8(9(12)13)5-7-3-2-4-11-6-7;1-3-2;1-2/h2-4,6,8,10H,5H2,1H3,(H,12,13);3H2,1-2H3;1-2H3. The first kappa shape index (κ1) is 18.9. The maximum absolute atomic E-state index is 10.7. The topological polar surface area (TPSA) is 62.2 Å². The predicted molar refractivity (Wildman–Crippen MR) is 75.7 cm³/mol. The monoisotopic (exact) mass is 254 g/mol. The molecule has 4 heteroatoms. The lowest BCUT2D eigenvalue weighted by Crippen LogP contribution is -2.35. The van der Waals surface area contributed by atoms with Crippen LogP contribution in [0.1, 0.15) is 39.7 Å². The first-order chi connectivity index (χ1) is 8.65. The van der Waals surface area contributed by atoms with Crippen molar-refractivity contribution in [1.82, 2.24) is 10.3 Å². The third-order valence-corrected chi connectivity index (χ3v) is 1.81. The van der Waals surface area contributed by atoms with E-state index in [-0.39, 0.29) is 0 Å². The van der Waals surface area contributed by atoms with Crippen LogP contribution >= 0.6 is 0 Å². The molecule has 0 saturated carbocycles. The van der Waals surface area contributed by atoms with Crippen molar-refractivity contribution in [2.24, 2.45) is 0 Å². The number of hydrogen-bond donors (Lipinski definition) is 2. The van der Waals surface area contributed by atoms with Gasteiger partial charge in [0.05, 0.1) is 0 Å². The molecular formula is C14H26N2O2. The quantitative estimate of drug-likeness (QED) is 0.867. The SMILES string of the molecule is CC.CCC.CNC(Cc1cccnc1)C(=O)O. The molecular weight excluding hydrogens is 228 g/mol. The number of rotatable bonds is 4. The van der Waals surface area contributed by atoms with E-state index in [4.69, 9.17) is 5.11 Å². The number of pyridine rings is 1. The van der Waals surface area contributed by atoms with E-state index in [0.717, 1.165) is 5.56 Å². The fourth-order valence-corrected chi connectivity index (χ4v) is 1.07. The van der Waals surface area contributed by atoms with Gasteiger partial charge in [0.15, 0.2) is 0 Å². The lowest BCUT2D eigenvalue weighted by Gasteiger charge is -2.09. The predicted octanol–water partition coefficient (Wildman–Crippen LogP) is 2.74.